The van der Waals surface area contributed by atoms with E-state index in [1.807, 2.05) is 6.07 Å². The van der Waals surface area contributed by atoms with E-state index in [0.717, 1.165) is 25.0 Å². The molecule has 2 amide bonds. The van der Waals surface area contributed by atoms with E-state index in [2.05, 4.69) is 9.88 Å². The Morgan fingerprint density at radius 1 is 1.10 bits per heavy atom. The largest absolute Gasteiger partial charge is 0.417 e. The first-order valence-electron chi connectivity index (χ1n) is 8.85. The van der Waals surface area contributed by atoms with Crippen molar-refractivity contribution in [1.82, 2.24) is 4.98 Å². The highest BCUT2D eigenvalue weighted by Gasteiger charge is 2.34. The quantitative estimate of drug-likeness (QED) is 0.569. The lowest BCUT2D eigenvalue weighted by Gasteiger charge is -2.29. The van der Waals surface area contributed by atoms with Gasteiger partial charge in [0.2, 0.25) is 0 Å². The van der Waals surface area contributed by atoms with Crippen molar-refractivity contribution >= 4 is 45.8 Å². The summed E-state index contributed by atoms with van der Waals surface area (Å²) < 4.78 is 44.9. The van der Waals surface area contributed by atoms with E-state index in [0.29, 0.717) is 18.9 Å². The van der Waals surface area contributed by atoms with Gasteiger partial charge in [0.25, 0.3) is 0 Å². The van der Waals surface area contributed by atoms with Crippen LogP contribution in [0.15, 0.2) is 36.5 Å². The number of carbonyl (C=O) groups is 1. The second kappa shape index (κ2) is 8.74. The van der Waals surface area contributed by atoms with Crippen molar-refractivity contribution in [2.45, 2.75) is 6.18 Å². The fourth-order valence-corrected chi connectivity index (χ4v) is 3.58. The number of hydrogen-bond donors (Lipinski definition) is 0. The van der Waals surface area contributed by atoms with Gasteiger partial charge >= 0.3 is 12.2 Å². The number of hydrogen-bond acceptors (Lipinski definition) is 4. The van der Waals surface area contributed by atoms with Gasteiger partial charge in [0.1, 0.15) is 5.82 Å². The molecule has 2 aromatic rings. The summed E-state index contributed by atoms with van der Waals surface area (Å²) in [5.74, 6) is 0.790. The summed E-state index contributed by atoms with van der Waals surface area (Å²) in [6, 6.07) is 6.92. The van der Waals surface area contributed by atoms with E-state index in [-0.39, 0.29) is 9.26 Å². The Bertz CT molecular complexity index is 871. The first kappa shape index (κ1) is 21.6. The van der Waals surface area contributed by atoms with Crippen LogP contribution in [0.25, 0.3) is 0 Å². The minimum atomic E-state index is -4.48. The Kier molecular flexibility index (Phi) is 6.52. The molecular weight excluding hydrogens is 500 g/mol. The SMILES string of the molecule is CN(C(=O)N(C)c1ccc(I)c(C(F)(F)F)c1)c1ccc(N2CCOCC2)nc1. The van der Waals surface area contributed by atoms with Crippen molar-refractivity contribution < 1.29 is 22.7 Å². The highest BCUT2D eigenvalue weighted by molar-refractivity contribution is 14.1. The topological polar surface area (TPSA) is 48.9 Å². The second-order valence-corrected chi connectivity index (χ2v) is 7.70. The Hall–Kier alpha value is -2.08. The number of nitrogens with zero attached hydrogens (tertiary/aromatic N) is 4. The fraction of sp³-hybridized carbons (Fsp3) is 0.368. The van der Waals surface area contributed by atoms with Gasteiger partial charge in [-0.3, -0.25) is 9.80 Å². The van der Waals surface area contributed by atoms with E-state index in [4.69, 9.17) is 4.74 Å². The molecule has 29 heavy (non-hydrogen) atoms. The van der Waals surface area contributed by atoms with Crippen LogP contribution >= 0.6 is 22.6 Å². The average Bonchev–Trinajstić information content (AvgIpc) is 2.72. The van der Waals surface area contributed by atoms with E-state index < -0.39 is 17.8 Å². The lowest BCUT2D eigenvalue weighted by molar-refractivity contribution is -0.138. The Morgan fingerprint density at radius 2 is 1.72 bits per heavy atom. The minimum absolute atomic E-state index is 0.0796. The second-order valence-electron chi connectivity index (χ2n) is 6.54. The molecule has 0 radical (unpaired) electrons. The fourth-order valence-electron chi connectivity index (χ4n) is 2.94. The molecule has 0 aliphatic carbocycles. The summed E-state index contributed by atoms with van der Waals surface area (Å²) >= 11 is 1.63. The van der Waals surface area contributed by atoms with Crippen LogP contribution in [0.2, 0.25) is 0 Å². The highest BCUT2D eigenvalue weighted by atomic mass is 127. The van der Waals surface area contributed by atoms with Gasteiger partial charge in [0, 0.05) is 36.4 Å². The summed E-state index contributed by atoms with van der Waals surface area (Å²) in [5.41, 5.74) is -0.0673. The number of morpholine rings is 1. The number of ether oxygens (including phenoxy) is 1. The highest BCUT2D eigenvalue weighted by Crippen LogP contribution is 2.35. The van der Waals surface area contributed by atoms with Gasteiger partial charge < -0.3 is 9.64 Å². The number of urea groups is 1. The molecule has 2 heterocycles. The third-order valence-corrected chi connectivity index (χ3v) is 5.61. The predicted molar refractivity (Wildman–Crippen MR) is 114 cm³/mol. The predicted octanol–water partition coefficient (Wildman–Crippen LogP) is 4.23. The monoisotopic (exact) mass is 520 g/mol. The molecule has 1 aromatic heterocycles. The van der Waals surface area contributed by atoms with Gasteiger partial charge in [-0.05, 0) is 52.9 Å². The van der Waals surface area contributed by atoms with Crippen LogP contribution in [-0.4, -0.2) is 51.4 Å². The van der Waals surface area contributed by atoms with Crippen molar-refractivity contribution in [3.8, 4) is 0 Å². The third-order valence-electron chi connectivity index (χ3n) is 4.67. The molecule has 156 valence electrons. The molecule has 1 aromatic carbocycles. The number of anilines is 3. The number of carbonyl (C=O) groups excluding carboxylic acids is 1. The standard InChI is InChI=1S/C19H20F3IN4O2/c1-25(13-3-5-16(23)15(11-13)19(20,21)22)18(28)26(2)14-4-6-17(24-12-14)27-7-9-29-10-8-27/h3-6,11-12H,7-10H2,1-2H3. The zero-order chi connectivity index (χ0) is 21.2. The van der Waals surface area contributed by atoms with Crippen molar-refractivity contribution in [3.05, 3.63) is 45.7 Å². The Balaban J connectivity index is 1.75. The van der Waals surface area contributed by atoms with E-state index in [1.165, 1.54) is 29.0 Å². The summed E-state index contributed by atoms with van der Waals surface area (Å²) in [5, 5.41) is 0. The number of halogens is 4. The van der Waals surface area contributed by atoms with Gasteiger partial charge in [-0.2, -0.15) is 13.2 Å². The number of alkyl halides is 3. The molecular formula is C19H20F3IN4O2. The number of rotatable bonds is 3. The van der Waals surface area contributed by atoms with Crippen LogP contribution in [0.1, 0.15) is 5.56 Å². The molecule has 1 aliphatic rings. The van der Waals surface area contributed by atoms with Crippen molar-refractivity contribution in [2.24, 2.45) is 0 Å². The minimum Gasteiger partial charge on any atom is -0.378 e. The molecule has 1 fully saturated rings. The summed E-state index contributed by atoms with van der Waals surface area (Å²) in [4.78, 5) is 21.8. The normalized spacial score (nSPS) is 14.6. The maximum atomic E-state index is 13.2. The van der Waals surface area contributed by atoms with Crippen LogP contribution in [0.4, 0.5) is 35.2 Å². The first-order chi connectivity index (χ1) is 13.7. The molecule has 0 bridgehead atoms. The zero-order valence-electron chi connectivity index (χ0n) is 15.9. The molecule has 6 nitrogen and oxygen atoms in total. The van der Waals surface area contributed by atoms with Gasteiger partial charge in [-0.15, -0.1) is 0 Å². The first-order valence-corrected chi connectivity index (χ1v) is 9.93. The van der Waals surface area contributed by atoms with Crippen molar-refractivity contribution in [2.75, 3.05) is 55.1 Å². The van der Waals surface area contributed by atoms with Crippen LogP contribution in [-0.2, 0) is 10.9 Å². The van der Waals surface area contributed by atoms with Crippen molar-refractivity contribution in [3.63, 3.8) is 0 Å². The maximum absolute atomic E-state index is 13.2. The third kappa shape index (κ3) is 4.92. The van der Waals surface area contributed by atoms with E-state index in [9.17, 15) is 18.0 Å². The molecule has 0 N–H and O–H groups in total. The average molecular weight is 520 g/mol. The molecule has 1 saturated heterocycles. The molecule has 10 heteroatoms. The maximum Gasteiger partial charge on any atom is 0.417 e. The lowest BCUT2D eigenvalue weighted by atomic mass is 10.2. The zero-order valence-corrected chi connectivity index (χ0v) is 18.1. The summed E-state index contributed by atoms with van der Waals surface area (Å²) in [6.07, 6.45) is -2.91. The number of pyridine rings is 1. The Morgan fingerprint density at radius 3 is 2.31 bits per heavy atom. The molecule has 1 aliphatic heterocycles. The number of amides is 2. The molecule has 0 spiro atoms. The van der Waals surface area contributed by atoms with Gasteiger partial charge in [0.15, 0.2) is 0 Å². The molecule has 0 saturated carbocycles. The van der Waals surface area contributed by atoms with Gasteiger partial charge in [-0.1, -0.05) is 0 Å². The van der Waals surface area contributed by atoms with Gasteiger partial charge in [-0.25, -0.2) is 9.78 Å². The Labute approximate surface area is 180 Å². The molecule has 3 rings (SSSR count). The van der Waals surface area contributed by atoms with Gasteiger partial charge in [0.05, 0.1) is 30.7 Å². The lowest BCUT2D eigenvalue weighted by Crippen LogP contribution is -2.39. The summed E-state index contributed by atoms with van der Waals surface area (Å²) in [7, 11) is 3.00. The van der Waals surface area contributed by atoms with E-state index >= 15 is 0 Å². The van der Waals surface area contributed by atoms with Crippen LogP contribution < -0.4 is 14.7 Å². The molecule has 0 atom stereocenters. The van der Waals surface area contributed by atoms with Crippen LogP contribution in [0.3, 0.4) is 0 Å². The van der Waals surface area contributed by atoms with Crippen molar-refractivity contribution in [1.29, 1.82) is 0 Å². The van der Waals surface area contributed by atoms with E-state index in [1.54, 1.807) is 41.9 Å². The van der Waals surface area contributed by atoms with Crippen LogP contribution in [0.5, 0.6) is 0 Å². The number of benzene rings is 1. The summed E-state index contributed by atoms with van der Waals surface area (Å²) in [6.45, 7) is 2.78. The smallest absolute Gasteiger partial charge is 0.378 e. The molecule has 0 unspecified atom stereocenters. The van der Waals surface area contributed by atoms with Crippen LogP contribution in [0, 0.1) is 3.57 Å². The number of aromatic nitrogens is 1.